The average Bonchev–Trinajstić information content (AvgIpc) is 3.37. The number of benzene rings is 2. The highest BCUT2D eigenvalue weighted by atomic mass is 32.2. The summed E-state index contributed by atoms with van der Waals surface area (Å²) in [6, 6.07) is 18.7. The van der Waals surface area contributed by atoms with Crippen molar-refractivity contribution in [3.63, 3.8) is 0 Å². The van der Waals surface area contributed by atoms with Crippen LogP contribution in [0.3, 0.4) is 0 Å². The van der Waals surface area contributed by atoms with E-state index in [1.807, 2.05) is 46.7 Å². The zero-order chi connectivity index (χ0) is 24.1. The monoisotopic (exact) mass is 516 g/mol. The predicted octanol–water partition coefficient (Wildman–Crippen LogP) is 3.36. The van der Waals surface area contributed by atoms with Crippen molar-refractivity contribution in [3.8, 4) is 0 Å². The van der Waals surface area contributed by atoms with Gasteiger partial charge in [0, 0.05) is 31.1 Å². The third-order valence-corrected chi connectivity index (χ3v) is 8.88. The number of piperazine rings is 1. The minimum absolute atomic E-state index is 0.160. The summed E-state index contributed by atoms with van der Waals surface area (Å²) >= 11 is 1.61. The molecular weight excluding hydrogens is 488 g/mol. The third kappa shape index (κ3) is 5.93. The number of rotatable bonds is 8. The van der Waals surface area contributed by atoms with Crippen molar-refractivity contribution in [2.45, 2.75) is 16.2 Å². The van der Waals surface area contributed by atoms with Crippen molar-refractivity contribution in [2.75, 3.05) is 49.9 Å². The van der Waals surface area contributed by atoms with Gasteiger partial charge in [-0.3, -0.25) is 9.52 Å². The van der Waals surface area contributed by atoms with Crippen LogP contribution in [0.25, 0.3) is 0 Å². The Balaban J connectivity index is 1.39. The summed E-state index contributed by atoms with van der Waals surface area (Å²) in [5.74, 6) is 0.160. The second-order valence-electron chi connectivity index (χ2n) is 8.04. The smallest absolute Gasteiger partial charge is 0.227 e. The van der Waals surface area contributed by atoms with Crippen LogP contribution in [0.4, 0.5) is 11.4 Å². The van der Waals surface area contributed by atoms with Gasteiger partial charge in [0.15, 0.2) is 0 Å². The fourth-order valence-corrected chi connectivity index (χ4v) is 6.12. The minimum Gasteiger partial charge on any atom is -0.366 e. The summed E-state index contributed by atoms with van der Waals surface area (Å²) in [5, 5.41) is 1.99. The first-order chi connectivity index (χ1) is 16.4. The molecule has 0 saturated carbocycles. The topological polar surface area (TPSA) is 73.0 Å². The number of carbonyl (C=O) groups is 1. The first kappa shape index (κ1) is 24.6. The van der Waals surface area contributed by atoms with E-state index in [2.05, 4.69) is 9.62 Å². The van der Waals surface area contributed by atoms with Gasteiger partial charge in [0.2, 0.25) is 5.91 Å². The van der Waals surface area contributed by atoms with Crippen LogP contribution >= 0.6 is 11.3 Å². The Labute approximate surface area is 209 Å². The van der Waals surface area contributed by atoms with Crippen LogP contribution in [0.15, 0.2) is 75.8 Å². The molecule has 10 heteroatoms. The highest BCUT2D eigenvalue weighted by Gasteiger charge is 2.23. The zero-order valence-corrected chi connectivity index (χ0v) is 21.6. The Morgan fingerprint density at radius 2 is 1.62 bits per heavy atom. The van der Waals surface area contributed by atoms with E-state index in [4.69, 9.17) is 0 Å². The molecule has 0 aliphatic carbocycles. The zero-order valence-electron chi connectivity index (χ0n) is 19.2. The largest absolute Gasteiger partial charge is 0.366 e. The predicted molar refractivity (Wildman–Crippen MR) is 140 cm³/mol. The molecule has 0 bridgehead atoms. The number of anilines is 2. The molecule has 7 nitrogen and oxygen atoms in total. The van der Waals surface area contributed by atoms with Crippen LogP contribution < -0.4 is 9.62 Å². The lowest BCUT2D eigenvalue weighted by Crippen LogP contribution is -2.49. The van der Waals surface area contributed by atoms with Crippen molar-refractivity contribution in [3.05, 3.63) is 70.9 Å². The summed E-state index contributed by atoms with van der Waals surface area (Å²) in [6.07, 6.45) is 0.454. The Bertz CT molecular complexity index is 1160. The summed E-state index contributed by atoms with van der Waals surface area (Å²) < 4.78 is 29.9. The van der Waals surface area contributed by atoms with Gasteiger partial charge in [-0.2, -0.15) is 0 Å². The maximum Gasteiger partial charge on any atom is 0.227 e. The lowest BCUT2D eigenvalue weighted by Gasteiger charge is -2.37. The summed E-state index contributed by atoms with van der Waals surface area (Å²) in [7, 11) is 0.796. The Morgan fingerprint density at radius 1 is 0.941 bits per heavy atom. The molecule has 34 heavy (non-hydrogen) atoms. The highest BCUT2D eigenvalue weighted by Crippen LogP contribution is 2.28. The molecule has 2 unspecified atom stereocenters. The van der Waals surface area contributed by atoms with E-state index in [-0.39, 0.29) is 5.91 Å². The van der Waals surface area contributed by atoms with Crippen molar-refractivity contribution in [2.24, 2.45) is 0 Å². The summed E-state index contributed by atoms with van der Waals surface area (Å²) in [6.45, 7) is 2.75. The molecular formula is C24H28N4O3S3. The molecule has 1 fully saturated rings. The van der Waals surface area contributed by atoms with E-state index >= 15 is 0 Å². The second-order valence-corrected chi connectivity index (χ2v) is 12.0. The Kier molecular flexibility index (Phi) is 8.15. The van der Waals surface area contributed by atoms with Crippen molar-refractivity contribution < 1.29 is 13.2 Å². The van der Waals surface area contributed by atoms with Crippen molar-refractivity contribution >= 4 is 50.6 Å². The average molecular weight is 517 g/mol. The fourth-order valence-electron chi connectivity index (χ4n) is 3.76. The van der Waals surface area contributed by atoms with Crippen LogP contribution in [0.5, 0.6) is 0 Å². The van der Waals surface area contributed by atoms with Crippen molar-refractivity contribution in [1.29, 1.82) is 0 Å². The van der Waals surface area contributed by atoms with Gasteiger partial charge < -0.3 is 9.80 Å². The van der Waals surface area contributed by atoms with E-state index in [0.717, 1.165) is 16.3 Å². The normalized spacial score (nSPS) is 15.9. The molecule has 1 N–H and O–H groups in total. The van der Waals surface area contributed by atoms with Gasteiger partial charge >= 0.3 is 0 Å². The van der Waals surface area contributed by atoms with E-state index in [9.17, 15) is 13.2 Å². The molecule has 2 aromatic carbocycles. The number of carbonyl (C=O) groups excluding carboxylic acids is 1. The van der Waals surface area contributed by atoms with Crippen LogP contribution in [0.2, 0.25) is 0 Å². The number of hydrogen-bond donors (Lipinski definition) is 1. The standard InChI is InChI=1S/C24H28N4O3S3/c1-26(2)34(31)21-11-9-20(10-12-21)33(30)25-22-7-3-4-8-23(22)27-13-15-28(16-14-27)24(29)18-19-6-5-17-32-19/h3-12,17,25H,13-16,18H2,1-2H3. The number of amides is 1. The first-order valence-electron chi connectivity index (χ1n) is 10.9. The highest BCUT2D eigenvalue weighted by molar-refractivity contribution is 7.86. The molecule has 1 aliphatic heterocycles. The Morgan fingerprint density at radius 3 is 2.26 bits per heavy atom. The van der Waals surface area contributed by atoms with Gasteiger partial charge in [0.25, 0.3) is 0 Å². The molecule has 1 saturated heterocycles. The van der Waals surface area contributed by atoms with Gasteiger partial charge in [-0.1, -0.05) is 18.2 Å². The van der Waals surface area contributed by atoms with E-state index in [1.54, 1.807) is 54.0 Å². The number of nitrogens with one attached hydrogen (secondary N) is 1. The number of hydrogen-bond acceptors (Lipinski definition) is 5. The van der Waals surface area contributed by atoms with Gasteiger partial charge in [-0.15, -0.1) is 11.3 Å². The molecule has 4 rings (SSSR count). The maximum atomic E-state index is 13.0. The Hall–Kier alpha value is -2.53. The summed E-state index contributed by atoms with van der Waals surface area (Å²) in [4.78, 5) is 19.1. The molecule has 0 spiro atoms. The third-order valence-electron chi connectivity index (χ3n) is 5.56. The van der Waals surface area contributed by atoms with Gasteiger partial charge in [-0.05, 0) is 61.9 Å². The van der Waals surface area contributed by atoms with E-state index in [1.165, 1.54) is 0 Å². The van der Waals surface area contributed by atoms with Crippen molar-refractivity contribution in [1.82, 2.24) is 9.21 Å². The molecule has 0 radical (unpaired) electrons. The molecule has 3 aromatic rings. The molecule has 1 aliphatic rings. The maximum absolute atomic E-state index is 13.0. The fraction of sp³-hybridized carbons (Fsp3) is 0.292. The van der Waals surface area contributed by atoms with Crippen LogP contribution in [0, 0.1) is 0 Å². The molecule has 180 valence electrons. The molecule has 1 amide bonds. The quantitative estimate of drug-likeness (QED) is 0.498. The second kappa shape index (κ2) is 11.3. The number of para-hydroxylation sites is 2. The van der Waals surface area contributed by atoms with Crippen LogP contribution in [-0.4, -0.2) is 63.8 Å². The van der Waals surface area contributed by atoms with E-state index in [0.29, 0.717) is 42.4 Å². The van der Waals surface area contributed by atoms with Gasteiger partial charge in [-0.25, -0.2) is 12.7 Å². The lowest BCUT2D eigenvalue weighted by atomic mass is 10.2. The minimum atomic E-state index is -1.47. The molecule has 1 aromatic heterocycles. The van der Waals surface area contributed by atoms with E-state index < -0.39 is 22.0 Å². The molecule has 2 atom stereocenters. The van der Waals surface area contributed by atoms with Crippen LogP contribution in [-0.2, 0) is 33.2 Å². The summed E-state index contributed by atoms with van der Waals surface area (Å²) in [5.41, 5.74) is 1.74. The molecule has 2 heterocycles. The number of nitrogens with zero attached hydrogens (tertiary/aromatic N) is 3. The SMILES string of the molecule is CN(C)S(=O)c1ccc(S(=O)Nc2ccccc2N2CCN(C(=O)Cc3cccs3)CC2)cc1. The number of thiophene rings is 1. The first-order valence-corrected chi connectivity index (χ1v) is 14.1. The van der Waals surface area contributed by atoms with Crippen LogP contribution in [0.1, 0.15) is 4.88 Å². The van der Waals surface area contributed by atoms with Gasteiger partial charge in [0.1, 0.15) is 22.0 Å². The lowest BCUT2D eigenvalue weighted by molar-refractivity contribution is -0.130. The van der Waals surface area contributed by atoms with Gasteiger partial charge in [0.05, 0.1) is 27.6 Å².